The number of esters is 1. The minimum Gasteiger partial charge on any atom is -0.450 e. The molecular formula is C21H23NO5. The average Bonchev–Trinajstić information content (AvgIpc) is 3.16. The molecule has 1 aromatic heterocycles. The molecule has 1 aliphatic rings. The summed E-state index contributed by atoms with van der Waals surface area (Å²) in [4.78, 5) is 37.5. The number of carbonyl (C=O) groups excluding carboxylic acids is 3. The third kappa shape index (κ3) is 4.45. The first kappa shape index (κ1) is 18.9. The molecule has 1 unspecified atom stereocenters. The van der Waals surface area contributed by atoms with Gasteiger partial charge in [0.05, 0.1) is 0 Å². The molecule has 2 heterocycles. The first-order valence-corrected chi connectivity index (χ1v) is 9.13. The summed E-state index contributed by atoms with van der Waals surface area (Å²) < 4.78 is 10.7. The Labute approximate surface area is 158 Å². The van der Waals surface area contributed by atoms with Crippen LogP contribution in [0.1, 0.15) is 54.0 Å². The monoisotopic (exact) mass is 369 g/mol. The summed E-state index contributed by atoms with van der Waals surface area (Å²) in [5.74, 6) is -0.326. The van der Waals surface area contributed by atoms with Crippen molar-refractivity contribution in [3.05, 3.63) is 47.7 Å². The van der Waals surface area contributed by atoms with Crippen molar-refractivity contribution in [1.29, 1.82) is 0 Å². The number of hydrogen-bond acceptors (Lipinski definition) is 5. The minimum atomic E-state index is -0.667. The highest BCUT2D eigenvalue weighted by molar-refractivity contribution is 5.94. The van der Waals surface area contributed by atoms with E-state index in [0.29, 0.717) is 17.9 Å². The van der Waals surface area contributed by atoms with Gasteiger partial charge in [0.2, 0.25) is 5.76 Å². The van der Waals surface area contributed by atoms with E-state index in [0.717, 1.165) is 24.8 Å². The van der Waals surface area contributed by atoms with E-state index in [9.17, 15) is 14.4 Å². The van der Waals surface area contributed by atoms with Crippen molar-refractivity contribution in [3.8, 4) is 11.3 Å². The summed E-state index contributed by atoms with van der Waals surface area (Å²) in [6.07, 6.45) is 3.07. The summed E-state index contributed by atoms with van der Waals surface area (Å²) in [6.45, 7) is 3.93. The molecule has 1 amide bonds. The van der Waals surface area contributed by atoms with E-state index in [1.807, 2.05) is 6.92 Å². The average molecular weight is 369 g/mol. The molecule has 3 rings (SSSR count). The molecule has 1 aromatic carbocycles. The molecule has 27 heavy (non-hydrogen) atoms. The van der Waals surface area contributed by atoms with Gasteiger partial charge in [-0.25, -0.2) is 4.79 Å². The number of amides is 1. The number of benzene rings is 1. The minimum absolute atomic E-state index is 0.0158. The van der Waals surface area contributed by atoms with Crippen LogP contribution in [0.3, 0.4) is 0 Å². The predicted octanol–water partition coefficient (Wildman–Crippen LogP) is 3.71. The lowest BCUT2D eigenvalue weighted by atomic mass is 10.0. The van der Waals surface area contributed by atoms with E-state index in [2.05, 4.69) is 0 Å². The Morgan fingerprint density at radius 2 is 1.85 bits per heavy atom. The number of furan rings is 1. The van der Waals surface area contributed by atoms with Gasteiger partial charge in [0, 0.05) is 23.7 Å². The number of ketones is 1. The van der Waals surface area contributed by atoms with Crippen LogP contribution >= 0.6 is 0 Å². The molecule has 1 aliphatic heterocycles. The number of piperidine rings is 1. The smallest absolute Gasteiger partial charge is 0.374 e. The van der Waals surface area contributed by atoms with Gasteiger partial charge in [-0.05, 0) is 45.2 Å². The van der Waals surface area contributed by atoms with Crippen molar-refractivity contribution >= 4 is 17.7 Å². The molecule has 6 nitrogen and oxygen atoms in total. The van der Waals surface area contributed by atoms with Crippen molar-refractivity contribution < 1.29 is 23.5 Å². The standard InChI is InChI=1S/C21H23NO5/c1-14-5-3-4-12-22(14)20(24)13-26-21(25)19-11-10-18(27-19)17-8-6-16(7-9-17)15(2)23/h6-11,14H,3-5,12-13H2,1-2H3. The van der Waals surface area contributed by atoms with E-state index in [4.69, 9.17) is 9.15 Å². The summed E-state index contributed by atoms with van der Waals surface area (Å²) in [6, 6.07) is 10.3. The molecule has 0 radical (unpaired) electrons. The lowest BCUT2D eigenvalue weighted by Crippen LogP contribution is -2.44. The first-order valence-electron chi connectivity index (χ1n) is 9.13. The molecule has 0 spiro atoms. The molecular weight excluding hydrogens is 346 g/mol. The van der Waals surface area contributed by atoms with Crippen molar-refractivity contribution in [1.82, 2.24) is 4.90 Å². The summed E-state index contributed by atoms with van der Waals surface area (Å²) in [5.41, 5.74) is 1.35. The molecule has 1 fully saturated rings. The van der Waals surface area contributed by atoms with Gasteiger partial charge in [-0.2, -0.15) is 0 Å². The number of hydrogen-bond donors (Lipinski definition) is 0. The van der Waals surface area contributed by atoms with Crippen LogP contribution in [-0.2, 0) is 9.53 Å². The van der Waals surface area contributed by atoms with E-state index >= 15 is 0 Å². The maximum absolute atomic E-state index is 12.2. The Hall–Kier alpha value is -2.89. The molecule has 1 atom stereocenters. The van der Waals surface area contributed by atoms with Crippen molar-refractivity contribution in [3.63, 3.8) is 0 Å². The third-order valence-electron chi connectivity index (χ3n) is 4.83. The number of ether oxygens (including phenoxy) is 1. The van der Waals surface area contributed by atoms with E-state index in [1.165, 1.54) is 13.0 Å². The maximum atomic E-state index is 12.2. The number of nitrogens with zero attached hydrogens (tertiary/aromatic N) is 1. The van der Waals surface area contributed by atoms with Crippen molar-refractivity contribution in [2.75, 3.05) is 13.2 Å². The van der Waals surface area contributed by atoms with Gasteiger partial charge < -0.3 is 14.1 Å². The normalized spacial score (nSPS) is 16.8. The van der Waals surface area contributed by atoms with Crippen LogP contribution in [-0.4, -0.2) is 41.8 Å². The largest absolute Gasteiger partial charge is 0.450 e. The van der Waals surface area contributed by atoms with E-state index in [-0.39, 0.29) is 30.1 Å². The Bertz CT molecular complexity index is 837. The fourth-order valence-corrected chi connectivity index (χ4v) is 3.22. The number of rotatable bonds is 5. The van der Waals surface area contributed by atoms with Crippen LogP contribution in [0.25, 0.3) is 11.3 Å². The second-order valence-corrected chi connectivity index (χ2v) is 6.81. The Morgan fingerprint density at radius 1 is 1.11 bits per heavy atom. The Balaban J connectivity index is 1.59. The van der Waals surface area contributed by atoms with Crippen LogP contribution in [0.5, 0.6) is 0 Å². The zero-order valence-corrected chi connectivity index (χ0v) is 15.6. The maximum Gasteiger partial charge on any atom is 0.374 e. The quantitative estimate of drug-likeness (QED) is 0.593. The van der Waals surface area contributed by atoms with Gasteiger partial charge >= 0.3 is 5.97 Å². The third-order valence-corrected chi connectivity index (χ3v) is 4.83. The number of likely N-dealkylation sites (tertiary alicyclic amines) is 1. The van der Waals surface area contributed by atoms with Gasteiger partial charge in [-0.15, -0.1) is 0 Å². The summed E-state index contributed by atoms with van der Waals surface area (Å²) >= 11 is 0. The Morgan fingerprint density at radius 3 is 2.52 bits per heavy atom. The second kappa shape index (κ2) is 8.20. The highest BCUT2D eigenvalue weighted by atomic mass is 16.5. The summed E-state index contributed by atoms with van der Waals surface area (Å²) in [7, 11) is 0. The molecule has 0 aliphatic carbocycles. The van der Waals surface area contributed by atoms with Crippen molar-refractivity contribution in [2.24, 2.45) is 0 Å². The lowest BCUT2D eigenvalue weighted by Gasteiger charge is -2.33. The van der Waals surface area contributed by atoms with Crippen LogP contribution in [0.15, 0.2) is 40.8 Å². The van der Waals surface area contributed by atoms with Crippen molar-refractivity contribution in [2.45, 2.75) is 39.2 Å². The molecule has 1 saturated heterocycles. The molecule has 0 N–H and O–H groups in total. The van der Waals surface area contributed by atoms with Crippen LogP contribution in [0.4, 0.5) is 0 Å². The van der Waals surface area contributed by atoms with E-state index < -0.39 is 5.97 Å². The fraction of sp³-hybridized carbons (Fsp3) is 0.381. The predicted molar refractivity (Wildman–Crippen MR) is 99.5 cm³/mol. The Kier molecular flexibility index (Phi) is 5.74. The van der Waals surface area contributed by atoms with Gasteiger partial charge in [-0.1, -0.05) is 24.3 Å². The molecule has 6 heteroatoms. The van der Waals surface area contributed by atoms with Gasteiger partial charge in [-0.3, -0.25) is 9.59 Å². The van der Waals surface area contributed by atoms with Gasteiger partial charge in [0.25, 0.3) is 5.91 Å². The number of Topliss-reactive ketones (excluding diaryl/α,β-unsaturated/α-hetero) is 1. The molecule has 0 saturated carbocycles. The van der Waals surface area contributed by atoms with Gasteiger partial charge in [0.15, 0.2) is 12.4 Å². The molecule has 142 valence electrons. The van der Waals surface area contributed by atoms with Crippen LogP contribution < -0.4 is 0 Å². The van der Waals surface area contributed by atoms with Gasteiger partial charge in [0.1, 0.15) is 5.76 Å². The van der Waals surface area contributed by atoms with E-state index in [1.54, 1.807) is 35.2 Å². The van der Waals surface area contributed by atoms with Crippen LogP contribution in [0, 0.1) is 0 Å². The topological polar surface area (TPSA) is 76.8 Å². The number of carbonyl (C=O) groups is 3. The second-order valence-electron chi connectivity index (χ2n) is 6.81. The zero-order valence-electron chi connectivity index (χ0n) is 15.6. The summed E-state index contributed by atoms with van der Waals surface area (Å²) in [5, 5.41) is 0. The fourth-order valence-electron chi connectivity index (χ4n) is 3.22. The lowest BCUT2D eigenvalue weighted by molar-refractivity contribution is -0.137. The highest BCUT2D eigenvalue weighted by Gasteiger charge is 2.24. The first-order chi connectivity index (χ1) is 13.0. The zero-order chi connectivity index (χ0) is 19.4. The SMILES string of the molecule is CC(=O)c1ccc(-c2ccc(C(=O)OCC(=O)N3CCCCC3C)o2)cc1. The van der Waals surface area contributed by atoms with Crippen LogP contribution in [0.2, 0.25) is 0 Å². The highest BCUT2D eigenvalue weighted by Crippen LogP contribution is 2.23. The molecule has 2 aromatic rings. The molecule has 0 bridgehead atoms.